The fourth-order valence-electron chi connectivity index (χ4n) is 3.83. The molecule has 0 aliphatic carbocycles. The number of fused-ring (bicyclic) bond motifs is 1. The van der Waals surface area contributed by atoms with Crippen LogP contribution < -0.4 is 4.74 Å². The summed E-state index contributed by atoms with van der Waals surface area (Å²) in [6, 6.07) is 8.89. The Morgan fingerprint density at radius 2 is 1.74 bits per heavy atom. The molecule has 0 amide bonds. The minimum atomic E-state index is -0.483. The largest absolute Gasteiger partial charge is 0.507 e. The van der Waals surface area contributed by atoms with Gasteiger partial charge in [-0.15, -0.1) is 0 Å². The van der Waals surface area contributed by atoms with Crippen LogP contribution in [0.15, 0.2) is 42.2 Å². The van der Waals surface area contributed by atoms with E-state index in [-0.39, 0.29) is 29.6 Å². The first-order valence-corrected chi connectivity index (χ1v) is 10.1. The first-order valence-electron chi connectivity index (χ1n) is 10.1. The molecule has 0 atom stereocenters. The standard InChI is InChI=1S/C22H23N3O6/c26-12-11-23-7-9-24(10-8-23)14-18-19(27)6-5-17-21(28)20(31-22(17)18)13-15-1-3-16(4-2-15)25(29)30/h1-6,13,26-27H,7-12,14H2/b20-13-. The van der Waals surface area contributed by atoms with Crippen molar-refractivity contribution in [3.05, 3.63) is 69.0 Å². The Morgan fingerprint density at radius 1 is 1.06 bits per heavy atom. The van der Waals surface area contributed by atoms with E-state index in [0.717, 1.165) is 26.2 Å². The zero-order chi connectivity index (χ0) is 22.0. The van der Waals surface area contributed by atoms with Gasteiger partial charge >= 0.3 is 0 Å². The van der Waals surface area contributed by atoms with Gasteiger partial charge in [-0.3, -0.25) is 24.7 Å². The summed E-state index contributed by atoms with van der Waals surface area (Å²) in [5, 5.41) is 30.3. The SMILES string of the molecule is O=C1/C(=C/c2ccc([N+](=O)[O-])cc2)Oc2c1ccc(O)c2CN1CCN(CCO)CC1. The first-order chi connectivity index (χ1) is 15.0. The van der Waals surface area contributed by atoms with Crippen molar-refractivity contribution in [3.8, 4) is 11.5 Å². The van der Waals surface area contributed by atoms with Crippen LogP contribution in [-0.2, 0) is 6.54 Å². The Balaban J connectivity index is 1.53. The van der Waals surface area contributed by atoms with E-state index in [0.29, 0.717) is 35.5 Å². The fraction of sp³-hybridized carbons (Fsp3) is 0.318. The van der Waals surface area contributed by atoms with E-state index in [1.807, 2.05) is 0 Å². The van der Waals surface area contributed by atoms with Gasteiger partial charge in [0.2, 0.25) is 5.78 Å². The van der Waals surface area contributed by atoms with Gasteiger partial charge in [0.25, 0.3) is 5.69 Å². The number of nitrogens with zero attached hydrogens (tertiary/aromatic N) is 3. The van der Waals surface area contributed by atoms with Gasteiger partial charge in [0.15, 0.2) is 5.76 Å². The number of non-ortho nitro benzene ring substituents is 1. The summed E-state index contributed by atoms with van der Waals surface area (Å²) in [7, 11) is 0. The topological polar surface area (TPSA) is 116 Å². The molecule has 4 rings (SSSR count). The number of hydrogen-bond donors (Lipinski definition) is 2. The highest BCUT2D eigenvalue weighted by Crippen LogP contribution is 2.40. The predicted molar refractivity (Wildman–Crippen MR) is 113 cm³/mol. The number of benzene rings is 2. The van der Waals surface area contributed by atoms with Gasteiger partial charge in [-0.2, -0.15) is 0 Å². The smallest absolute Gasteiger partial charge is 0.269 e. The molecule has 1 fully saturated rings. The Kier molecular flexibility index (Phi) is 5.99. The molecule has 2 aliphatic heterocycles. The lowest BCUT2D eigenvalue weighted by atomic mass is 10.0. The predicted octanol–water partition coefficient (Wildman–Crippen LogP) is 2.03. The molecule has 31 heavy (non-hydrogen) atoms. The Hall–Kier alpha value is -3.27. The van der Waals surface area contributed by atoms with E-state index in [9.17, 15) is 20.0 Å². The van der Waals surface area contributed by atoms with Gasteiger partial charge in [0, 0.05) is 51.4 Å². The summed E-state index contributed by atoms with van der Waals surface area (Å²) >= 11 is 0. The number of hydrogen-bond acceptors (Lipinski definition) is 8. The maximum absolute atomic E-state index is 12.8. The highest BCUT2D eigenvalue weighted by atomic mass is 16.6. The number of carbonyl (C=O) groups is 1. The van der Waals surface area contributed by atoms with Crippen LogP contribution in [0.1, 0.15) is 21.5 Å². The number of aliphatic hydroxyl groups is 1. The summed E-state index contributed by atoms with van der Waals surface area (Å²) in [6.07, 6.45) is 1.54. The first kappa shape index (κ1) is 21.0. The molecule has 2 heterocycles. The van der Waals surface area contributed by atoms with Crippen LogP contribution in [-0.4, -0.2) is 70.1 Å². The van der Waals surface area contributed by atoms with Crippen LogP contribution in [0.5, 0.6) is 11.5 Å². The second-order valence-electron chi connectivity index (χ2n) is 7.57. The molecule has 0 radical (unpaired) electrons. The molecule has 9 heteroatoms. The number of β-amino-alcohol motifs (C(OH)–C–C–N with tert-alkyl or cyclic N) is 1. The number of nitro benzene ring substituents is 1. The van der Waals surface area contributed by atoms with Crippen LogP contribution in [0.2, 0.25) is 0 Å². The molecule has 2 N–H and O–H groups in total. The lowest BCUT2D eigenvalue weighted by molar-refractivity contribution is -0.384. The highest BCUT2D eigenvalue weighted by molar-refractivity contribution is 6.15. The van der Waals surface area contributed by atoms with Crippen LogP contribution in [0.3, 0.4) is 0 Å². The number of aliphatic hydroxyl groups excluding tert-OH is 1. The van der Waals surface area contributed by atoms with E-state index in [4.69, 9.17) is 9.84 Å². The van der Waals surface area contributed by atoms with Crippen molar-refractivity contribution in [1.82, 2.24) is 9.80 Å². The van der Waals surface area contributed by atoms with Crippen molar-refractivity contribution in [2.45, 2.75) is 6.54 Å². The normalized spacial score (nSPS) is 18.2. The summed E-state index contributed by atoms with van der Waals surface area (Å²) < 4.78 is 5.86. The lowest BCUT2D eigenvalue weighted by Crippen LogP contribution is -2.46. The van der Waals surface area contributed by atoms with E-state index in [2.05, 4.69) is 9.80 Å². The fourth-order valence-corrected chi connectivity index (χ4v) is 3.83. The second kappa shape index (κ2) is 8.84. The van der Waals surface area contributed by atoms with Crippen molar-refractivity contribution in [3.63, 3.8) is 0 Å². The minimum Gasteiger partial charge on any atom is -0.507 e. The van der Waals surface area contributed by atoms with Crippen LogP contribution in [0.25, 0.3) is 6.08 Å². The van der Waals surface area contributed by atoms with Gasteiger partial charge in [0.1, 0.15) is 11.5 Å². The van der Waals surface area contributed by atoms with Gasteiger partial charge in [-0.05, 0) is 35.9 Å². The molecular formula is C22H23N3O6. The third-order valence-corrected chi connectivity index (χ3v) is 5.58. The third kappa shape index (κ3) is 4.43. The van der Waals surface area contributed by atoms with E-state index >= 15 is 0 Å². The molecular weight excluding hydrogens is 402 g/mol. The number of aromatic hydroxyl groups is 1. The molecule has 0 bridgehead atoms. The number of phenols is 1. The number of piperazine rings is 1. The second-order valence-corrected chi connectivity index (χ2v) is 7.57. The minimum absolute atomic E-state index is 0.0320. The number of phenolic OH excluding ortho intramolecular Hbond substituents is 1. The summed E-state index contributed by atoms with van der Waals surface area (Å²) in [5.74, 6) is 0.253. The van der Waals surface area contributed by atoms with Crippen molar-refractivity contribution in [2.75, 3.05) is 39.3 Å². The number of rotatable bonds is 6. The van der Waals surface area contributed by atoms with Crippen LogP contribution in [0.4, 0.5) is 5.69 Å². The molecule has 2 aromatic carbocycles. The van der Waals surface area contributed by atoms with Crippen LogP contribution >= 0.6 is 0 Å². The maximum atomic E-state index is 12.8. The zero-order valence-corrected chi connectivity index (χ0v) is 16.9. The summed E-state index contributed by atoms with van der Waals surface area (Å²) in [4.78, 5) is 27.5. The number of allylic oxidation sites excluding steroid dienone is 1. The zero-order valence-electron chi connectivity index (χ0n) is 16.9. The van der Waals surface area contributed by atoms with Gasteiger partial charge in [-0.25, -0.2) is 0 Å². The molecule has 0 saturated carbocycles. The summed E-state index contributed by atoms with van der Waals surface area (Å²) in [6.45, 7) is 4.43. The van der Waals surface area contributed by atoms with Crippen molar-refractivity contribution in [1.29, 1.82) is 0 Å². The monoisotopic (exact) mass is 425 g/mol. The maximum Gasteiger partial charge on any atom is 0.269 e. The molecule has 0 spiro atoms. The van der Waals surface area contributed by atoms with E-state index < -0.39 is 4.92 Å². The molecule has 2 aromatic rings. The molecule has 0 aromatic heterocycles. The molecule has 1 saturated heterocycles. The average molecular weight is 425 g/mol. The number of nitro groups is 1. The van der Waals surface area contributed by atoms with Crippen molar-refractivity contribution < 1.29 is 24.7 Å². The van der Waals surface area contributed by atoms with Crippen LogP contribution in [0, 0.1) is 10.1 Å². The molecule has 162 valence electrons. The third-order valence-electron chi connectivity index (χ3n) is 5.58. The molecule has 0 unspecified atom stereocenters. The van der Waals surface area contributed by atoms with E-state index in [1.54, 1.807) is 24.3 Å². The van der Waals surface area contributed by atoms with Crippen molar-refractivity contribution >= 4 is 17.5 Å². The van der Waals surface area contributed by atoms with Gasteiger partial charge in [-0.1, -0.05) is 0 Å². The van der Waals surface area contributed by atoms with Gasteiger partial charge in [0.05, 0.1) is 22.7 Å². The molecule has 2 aliphatic rings. The average Bonchev–Trinajstić information content (AvgIpc) is 3.07. The van der Waals surface area contributed by atoms with Crippen molar-refractivity contribution in [2.24, 2.45) is 0 Å². The lowest BCUT2D eigenvalue weighted by Gasteiger charge is -2.34. The van der Waals surface area contributed by atoms with E-state index in [1.165, 1.54) is 18.2 Å². The highest BCUT2D eigenvalue weighted by Gasteiger charge is 2.32. The quantitative estimate of drug-likeness (QED) is 0.410. The molecule has 9 nitrogen and oxygen atoms in total. The number of Topliss-reactive ketones (excluding diaryl/α,β-unsaturated/α-hetero) is 1. The number of ketones is 1. The number of carbonyl (C=O) groups excluding carboxylic acids is 1. The Bertz CT molecular complexity index is 1030. The Labute approximate surface area is 178 Å². The van der Waals surface area contributed by atoms with Gasteiger partial charge < -0.3 is 14.9 Å². The Morgan fingerprint density at radius 3 is 2.39 bits per heavy atom. The summed E-state index contributed by atoms with van der Waals surface area (Å²) in [5.41, 5.74) is 1.52. The number of ether oxygens (including phenoxy) is 1.